The van der Waals surface area contributed by atoms with Gasteiger partial charge in [0, 0.05) is 24.0 Å². The zero-order valence-corrected chi connectivity index (χ0v) is 11.2. The number of halogens is 1. The lowest BCUT2D eigenvalue weighted by Crippen LogP contribution is -2.29. The van der Waals surface area contributed by atoms with Gasteiger partial charge in [-0.05, 0) is 12.5 Å². The molecule has 0 saturated carbocycles. The number of H-pyrrole nitrogens is 1. The van der Waals surface area contributed by atoms with Crippen LogP contribution in [0.15, 0.2) is 30.6 Å². The molecular weight excluding hydrogens is 279 g/mol. The summed E-state index contributed by atoms with van der Waals surface area (Å²) >= 11 is 0. The predicted octanol–water partition coefficient (Wildman–Crippen LogP) is 2.34. The molecule has 0 aliphatic heterocycles. The Morgan fingerprint density at radius 1 is 1.52 bits per heavy atom. The van der Waals surface area contributed by atoms with E-state index < -0.39 is 22.3 Å². The number of hydrogen-bond donors (Lipinski definition) is 2. The van der Waals surface area contributed by atoms with E-state index in [0.717, 1.165) is 18.2 Å². The van der Waals surface area contributed by atoms with Crippen molar-refractivity contribution in [3.8, 4) is 0 Å². The van der Waals surface area contributed by atoms with Crippen LogP contribution in [0.25, 0.3) is 0 Å². The van der Waals surface area contributed by atoms with Crippen LogP contribution in [0.2, 0.25) is 0 Å². The van der Waals surface area contributed by atoms with E-state index >= 15 is 0 Å². The third-order valence-corrected chi connectivity index (χ3v) is 2.92. The van der Waals surface area contributed by atoms with Gasteiger partial charge in [-0.15, -0.1) is 0 Å². The van der Waals surface area contributed by atoms with Crippen LogP contribution in [0, 0.1) is 15.9 Å². The van der Waals surface area contributed by atoms with Crippen molar-refractivity contribution in [3.05, 3.63) is 57.9 Å². The van der Waals surface area contributed by atoms with Crippen molar-refractivity contribution in [2.24, 2.45) is 0 Å². The number of amides is 1. The van der Waals surface area contributed by atoms with E-state index in [1.165, 1.54) is 0 Å². The lowest BCUT2D eigenvalue weighted by molar-refractivity contribution is -0.385. The first-order valence-corrected chi connectivity index (χ1v) is 6.26. The number of nitro benzene ring substituents is 1. The minimum Gasteiger partial charge on any atom is -0.347 e. The van der Waals surface area contributed by atoms with Crippen molar-refractivity contribution >= 4 is 11.6 Å². The summed E-state index contributed by atoms with van der Waals surface area (Å²) in [4.78, 5) is 29.0. The predicted molar refractivity (Wildman–Crippen MR) is 72.1 cm³/mol. The van der Waals surface area contributed by atoms with Crippen molar-refractivity contribution in [1.29, 1.82) is 0 Å². The number of nitrogens with one attached hydrogen (secondary N) is 2. The molecule has 0 radical (unpaired) electrons. The van der Waals surface area contributed by atoms with Crippen LogP contribution < -0.4 is 5.32 Å². The van der Waals surface area contributed by atoms with Gasteiger partial charge in [-0.3, -0.25) is 14.9 Å². The fourth-order valence-electron chi connectivity index (χ4n) is 1.88. The van der Waals surface area contributed by atoms with Crippen molar-refractivity contribution in [2.45, 2.75) is 19.4 Å². The molecule has 8 heteroatoms. The van der Waals surface area contributed by atoms with Gasteiger partial charge in [0.2, 0.25) is 0 Å². The van der Waals surface area contributed by atoms with E-state index in [9.17, 15) is 19.3 Å². The highest BCUT2D eigenvalue weighted by Crippen LogP contribution is 2.18. The van der Waals surface area contributed by atoms with Crippen LogP contribution in [0.1, 0.15) is 35.6 Å². The second-order valence-electron chi connectivity index (χ2n) is 4.36. The molecule has 1 atom stereocenters. The maximum absolute atomic E-state index is 13.3. The van der Waals surface area contributed by atoms with Crippen molar-refractivity contribution in [3.63, 3.8) is 0 Å². The van der Waals surface area contributed by atoms with Crippen molar-refractivity contribution < 1.29 is 14.1 Å². The molecule has 1 amide bonds. The number of nitrogens with zero attached hydrogens (tertiary/aromatic N) is 2. The Bertz CT molecular complexity index is 657. The first kappa shape index (κ1) is 14.6. The Balaban J connectivity index is 2.22. The van der Waals surface area contributed by atoms with Crippen LogP contribution in [0.4, 0.5) is 10.1 Å². The number of nitro groups is 1. The number of benzene rings is 1. The van der Waals surface area contributed by atoms with Gasteiger partial charge in [-0.2, -0.15) is 0 Å². The summed E-state index contributed by atoms with van der Waals surface area (Å²) in [6.45, 7) is 1.85. The molecule has 1 aromatic heterocycles. The SMILES string of the molecule is CCC(NC(=O)c1cc(F)cc([N+](=O)[O-])c1)c1ncc[nH]1. The van der Waals surface area contributed by atoms with Crippen LogP contribution in [-0.2, 0) is 0 Å². The smallest absolute Gasteiger partial charge is 0.273 e. The third-order valence-electron chi connectivity index (χ3n) is 2.92. The lowest BCUT2D eigenvalue weighted by Gasteiger charge is -2.14. The highest BCUT2D eigenvalue weighted by atomic mass is 19.1. The summed E-state index contributed by atoms with van der Waals surface area (Å²) in [5.74, 6) is -0.863. The molecule has 1 heterocycles. The molecule has 21 heavy (non-hydrogen) atoms. The Morgan fingerprint density at radius 3 is 2.86 bits per heavy atom. The largest absolute Gasteiger partial charge is 0.347 e. The van der Waals surface area contributed by atoms with Crippen LogP contribution in [0.3, 0.4) is 0 Å². The average molecular weight is 292 g/mol. The molecule has 0 aliphatic carbocycles. The summed E-state index contributed by atoms with van der Waals surface area (Å²) in [5.41, 5.74) is -0.571. The number of rotatable bonds is 5. The van der Waals surface area contributed by atoms with Crippen LogP contribution in [-0.4, -0.2) is 20.8 Å². The van der Waals surface area contributed by atoms with Crippen molar-refractivity contribution in [2.75, 3.05) is 0 Å². The monoisotopic (exact) mass is 292 g/mol. The summed E-state index contributed by atoms with van der Waals surface area (Å²) in [5, 5.41) is 13.3. The number of carbonyl (C=O) groups is 1. The fraction of sp³-hybridized carbons (Fsp3) is 0.231. The number of non-ortho nitro benzene ring substituents is 1. The second kappa shape index (κ2) is 6.12. The Labute approximate surface area is 119 Å². The standard InChI is InChI=1S/C13H13FN4O3/c1-2-11(12-15-3-4-16-12)17-13(19)8-5-9(14)7-10(6-8)18(20)21/h3-7,11H,2H2,1H3,(H,15,16)(H,17,19). The molecule has 0 aliphatic rings. The van der Waals surface area contributed by atoms with E-state index in [-0.39, 0.29) is 11.6 Å². The molecule has 0 bridgehead atoms. The first-order chi connectivity index (χ1) is 10.0. The molecule has 0 fully saturated rings. The maximum Gasteiger partial charge on any atom is 0.273 e. The number of aromatic amines is 1. The maximum atomic E-state index is 13.3. The van der Waals surface area contributed by atoms with Crippen LogP contribution in [0.5, 0.6) is 0 Å². The van der Waals surface area contributed by atoms with Gasteiger partial charge in [0.15, 0.2) is 0 Å². The number of carbonyl (C=O) groups excluding carboxylic acids is 1. The average Bonchev–Trinajstić information content (AvgIpc) is 2.97. The van der Waals surface area contributed by atoms with Crippen molar-refractivity contribution in [1.82, 2.24) is 15.3 Å². The number of aromatic nitrogens is 2. The van der Waals surface area contributed by atoms with E-state index in [0.29, 0.717) is 12.2 Å². The molecule has 2 N–H and O–H groups in total. The van der Waals surface area contributed by atoms with E-state index in [4.69, 9.17) is 0 Å². The minimum atomic E-state index is -0.833. The molecule has 1 aromatic carbocycles. The van der Waals surface area contributed by atoms with E-state index in [1.807, 2.05) is 6.92 Å². The molecule has 1 unspecified atom stereocenters. The minimum absolute atomic E-state index is 0.105. The Kier molecular flexibility index (Phi) is 4.27. The normalized spacial score (nSPS) is 11.9. The first-order valence-electron chi connectivity index (χ1n) is 6.26. The highest BCUT2D eigenvalue weighted by Gasteiger charge is 2.19. The fourth-order valence-corrected chi connectivity index (χ4v) is 1.88. The summed E-state index contributed by atoms with van der Waals surface area (Å²) in [6, 6.07) is 2.38. The van der Waals surface area contributed by atoms with E-state index in [2.05, 4.69) is 15.3 Å². The van der Waals surface area contributed by atoms with Gasteiger partial charge in [0.25, 0.3) is 11.6 Å². The number of hydrogen-bond acceptors (Lipinski definition) is 4. The summed E-state index contributed by atoms with van der Waals surface area (Å²) < 4.78 is 13.3. The highest BCUT2D eigenvalue weighted by molar-refractivity contribution is 5.95. The zero-order valence-electron chi connectivity index (χ0n) is 11.2. The molecule has 2 aromatic rings. The van der Waals surface area contributed by atoms with Gasteiger partial charge in [0.05, 0.1) is 17.0 Å². The molecule has 2 rings (SSSR count). The quantitative estimate of drug-likeness (QED) is 0.652. The molecule has 7 nitrogen and oxygen atoms in total. The summed E-state index contributed by atoms with van der Waals surface area (Å²) in [6.07, 6.45) is 3.74. The third kappa shape index (κ3) is 3.41. The van der Waals surface area contributed by atoms with Gasteiger partial charge < -0.3 is 10.3 Å². The van der Waals surface area contributed by atoms with Gasteiger partial charge in [-0.1, -0.05) is 6.92 Å². The van der Waals surface area contributed by atoms with Gasteiger partial charge in [0.1, 0.15) is 11.6 Å². The number of imidazole rings is 1. The second-order valence-corrected chi connectivity index (χ2v) is 4.36. The lowest BCUT2D eigenvalue weighted by atomic mass is 10.1. The Morgan fingerprint density at radius 2 is 2.29 bits per heavy atom. The molecular formula is C13H13FN4O3. The van der Waals surface area contributed by atoms with E-state index in [1.54, 1.807) is 12.4 Å². The molecule has 0 spiro atoms. The zero-order chi connectivity index (χ0) is 15.4. The molecule has 0 saturated heterocycles. The summed E-state index contributed by atoms with van der Waals surface area (Å²) in [7, 11) is 0. The Hall–Kier alpha value is -2.77. The molecule has 110 valence electrons. The van der Waals surface area contributed by atoms with Crippen LogP contribution >= 0.6 is 0 Å². The topological polar surface area (TPSA) is 101 Å². The van der Waals surface area contributed by atoms with Gasteiger partial charge >= 0.3 is 0 Å². The van der Waals surface area contributed by atoms with Gasteiger partial charge in [-0.25, -0.2) is 9.37 Å².